The summed E-state index contributed by atoms with van der Waals surface area (Å²) in [6.07, 6.45) is 6.31. The first-order valence-corrected chi connectivity index (χ1v) is 9.03. The molecule has 22 heavy (non-hydrogen) atoms. The van der Waals surface area contributed by atoms with E-state index in [1.54, 1.807) is 13.8 Å². The van der Waals surface area contributed by atoms with Gasteiger partial charge in [0.2, 0.25) is 10.0 Å². The maximum atomic E-state index is 12.3. The van der Waals surface area contributed by atoms with Crippen molar-refractivity contribution in [3.05, 3.63) is 11.5 Å². The molecule has 0 amide bonds. The summed E-state index contributed by atoms with van der Waals surface area (Å²) in [6, 6.07) is 0.585. The molecule has 2 rings (SSSR count). The molecule has 0 atom stereocenters. The van der Waals surface area contributed by atoms with Crippen LogP contribution in [0.4, 0.5) is 0 Å². The Bertz CT molecular complexity index is 548. The maximum absolute atomic E-state index is 12.3. The molecule has 1 N–H and O–H groups in total. The number of nitrogens with one attached hydrogen (secondary N) is 1. The van der Waals surface area contributed by atoms with Gasteiger partial charge in [0.05, 0.1) is 0 Å². The zero-order valence-corrected chi connectivity index (χ0v) is 15.1. The Morgan fingerprint density at radius 2 is 1.91 bits per heavy atom. The van der Waals surface area contributed by atoms with Gasteiger partial charge in [-0.15, -0.1) is 12.4 Å². The fraction of sp³-hybridized carbons (Fsp3) is 0.786. The Morgan fingerprint density at radius 3 is 2.45 bits per heavy atom. The molecule has 128 valence electrons. The molecule has 0 spiro atoms. The van der Waals surface area contributed by atoms with Gasteiger partial charge in [-0.25, -0.2) is 13.1 Å². The predicted molar refractivity (Wildman–Crippen MR) is 87.9 cm³/mol. The molecule has 6 nitrogen and oxygen atoms in total. The lowest BCUT2D eigenvalue weighted by atomic mass is 9.94. The van der Waals surface area contributed by atoms with Crippen LogP contribution in [0.5, 0.6) is 0 Å². The van der Waals surface area contributed by atoms with Crippen molar-refractivity contribution in [2.75, 3.05) is 20.1 Å². The van der Waals surface area contributed by atoms with Crippen LogP contribution in [0, 0.1) is 13.8 Å². The van der Waals surface area contributed by atoms with E-state index in [0.29, 0.717) is 30.6 Å². The molecule has 0 bridgehead atoms. The van der Waals surface area contributed by atoms with E-state index in [1.807, 2.05) is 0 Å². The number of hydrogen-bond donors (Lipinski definition) is 1. The van der Waals surface area contributed by atoms with Gasteiger partial charge in [0.15, 0.2) is 5.76 Å². The number of sulfonamides is 1. The molecule has 0 aromatic carbocycles. The van der Waals surface area contributed by atoms with Crippen molar-refractivity contribution in [2.24, 2.45) is 0 Å². The first-order valence-electron chi connectivity index (χ1n) is 7.54. The summed E-state index contributed by atoms with van der Waals surface area (Å²) in [7, 11) is -1.47. The highest BCUT2D eigenvalue weighted by atomic mass is 35.5. The normalized spacial score (nSPS) is 16.7. The van der Waals surface area contributed by atoms with Gasteiger partial charge < -0.3 is 9.42 Å². The van der Waals surface area contributed by atoms with E-state index in [0.717, 1.165) is 0 Å². The molecule has 0 unspecified atom stereocenters. The monoisotopic (exact) mass is 351 g/mol. The summed E-state index contributed by atoms with van der Waals surface area (Å²) in [5.74, 6) is 0.334. The highest BCUT2D eigenvalue weighted by Crippen LogP contribution is 2.21. The van der Waals surface area contributed by atoms with E-state index in [9.17, 15) is 8.42 Å². The van der Waals surface area contributed by atoms with Crippen LogP contribution in [-0.4, -0.2) is 44.7 Å². The van der Waals surface area contributed by atoms with Crippen LogP contribution in [0.3, 0.4) is 0 Å². The van der Waals surface area contributed by atoms with Crippen LogP contribution < -0.4 is 4.72 Å². The average Bonchev–Trinajstić information content (AvgIpc) is 2.79. The van der Waals surface area contributed by atoms with Crippen LogP contribution in [0.2, 0.25) is 0 Å². The second kappa shape index (κ2) is 8.29. The Balaban J connectivity index is 0.00000242. The van der Waals surface area contributed by atoms with E-state index < -0.39 is 10.0 Å². The van der Waals surface area contributed by atoms with Crippen molar-refractivity contribution in [1.82, 2.24) is 14.8 Å². The van der Waals surface area contributed by atoms with Crippen molar-refractivity contribution in [3.8, 4) is 0 Å². The molecule has 1 saturated carbocycles. The van der Waals surface area contributed by atoms with Crippen molar-refractivity contribution in [3.63, 3.8) is 0 Å². The van der Waals surface area contributed by atoms with E-state index >= 15 is 0 Å². The molecule has 0 saturated heterocycles. The number of rotatable bonds is 6. The second-order valence-electron chi connectivity index (χ2n) is 5.82. The fourth-order valence-electron chi connectivity index (χ4n) is 2.99. The molecule has 0 radical (unpaired) electrons. The van der Waals surface area contributed by atoms with Crippen LogP contribution in [0.1, 0.15) is 43.6 Å². The summed E-state index contributed by atoms with van der Waals surface area (Å²) >= 11 is 0. The van der Waals surface area contributed by atoms with Crippen LogP contribution in [0.15, 0.2) is 9.42 Å². The van der Waals surface area contributed by atoms with Crippen LogP contribution >= 0.6 is 12.4 Å². The molecule has 1 aromatic rings. The predicted octanol–water partition coefficient (Wildman–Crippen LogP) is 2.26. The van der Waals surface area contributed by atoms with Gasteiger partial charge in [-0.3, -0.25) is 0 Å². The van der Waals surface area contributed by atoms with Gasteiger partial charge in [0, 0.05) is 19.1 Å². The quantitative estimate of drug-likeness (QED) is 0.850. The molecule has 1 heterocycles. The lowest BCUT2D eigenvalue weighted by Crippen LogP contribution is -2.39. The third kappa shape index (κ3) is 4.68. The van der Waals surface area contributed by atoms with Gasteiger partial charge in [0.1, 0.15) is 10.6 Å². The van der Waals surface area contributed by atoms with Crippen molar-refractivity contribution >= 4 is 22.4 Å². The van der Waals surface area contributed by atoms with Crippen molar-refractivity contribution in [2.45, 2.75) is 56.9 Å². The Hall–Kier alpha value is -0.630. The SMILES string of the molecule is Cc1noc(C)c1S(=O)(=O)NCCN(C)C1CCCCC1.Cl. The summed E-state index contributed by atoms with van der Waals surface area (Å²) in [4.78, 5) is 2.43. The summed E-state index contributed by atoms with van der Waals surface area (Å²) in [5.41, 5.74) is 0.403. The zero-order valence-electron chi connectivity index (χ0n) is 13.5. The summed E-state index contributed by atoms with van der Waals surface area (Å²) < 4.78 is 32.1. The number of hydrogen-bond acceptors (Lipinski definition) is 5. The topological polar surface area (TPSA) is 75.4 Å². The first kappa shape index (κ1) is 19.4. The third-order valence-electron chi connectivity index (χ3n) is 4.19. The first-order chi connectivity index (χ1) is 9.92. The second-order valence-corrected chi connectivity index (χ2v) is 7.53. The lowest BCUT2D eigenvalue weighted by molar-refractivity contribution is 0.195. The van der Waals surface area contributed by atoms with E-state index in [-0.39, 0.29) is 17.3 Å². The molecule has 1 aromatic heterocycles. The molecule has 8 heteroatoms. The zero-order chi connectivity index (χ0) is 15.5. The maximum Gasteiger partial charge on any atom is 0.246 e. The Labute approximate surface area is 139 Å². The van der Waals surface area contributed by atoms with Crippen molar-refractivity contribution in [1.29, 1.82) is 0 Å². The lowest BCUT2D eigenvalue weighted by Gasteiger charge is -2.31. The van der Waals surface area contributed by atoms with Crippen molar-refractivity contribution < 1.29 is 12.9 Å². The minimum atomic E-state index is -3.54. The number of nitrogens with zero attached hydrogens (tertiary/aromatic N) is 2. The molecule has 1 aliphatic carbocycles. The van der Waals surface area contributed by atoms with Gasteiger partial charge in [0.25, 0.3) is 0 Å². The highest BCUT2D eigenvalue weighted by molar-refractivity contribution is 7.89. The number of aromatic nitrogens is 1. The highest BCUT2D eigenvalue weighted by Gasteiger charge is 2.24. The molecular formula is C14H26ClN3O3S. The smallest absolute Gasteiger partial charge is 0.246 e. The molecule has 1 fully saturated rings. The van der Waals surface area contributed by atoms with Gasteiger partial charge in [-0.05, 0) is 33.7 Å². The summed E-state index contributed by atoms with van der Waals surface area (Å²) in [6.45, 7) is 4.37. The van der Waals surface area contributed by atoms with Gasteiger partial charge in [-0.2, -0.15) is 0 Å². The molecule has 1 aliphatic rings. The number of likely N-dealkylation sites (N-methyl/N-ethyl adjacent to an activating group) is 1. The van der Waals surface area contributed by atoms with Crippen LogP contribution in [-0.2, 0) is 10.0 Å². The molecular weight excluding hydrogens is 326 g/mol. The fourth-order valence-corrected chi connectivity index (χ4v) is 4.34. The number of aryl methyl sites for hydroxylation is 2. The largest absolute Gasteiger partial charge is 0.360 e. The van der Waals surface area contributed by atoms with Gasteiger partial charge >= 0.3 is 0 Å². The third-order valence-corrected chi connectivity index (χ3v) is 5.90. The standard InChI is InChI=1S/C14H25N3O3S.ClH/c1-11-14(12(2)20-16-11)21(18,19)15-9-10-17(3)13-7-5-4-6-8-13;/h13,15H,4-10H2,1-3H3;1H. The Kier molecular flexibility index (Phi) is 7.31. The average molecular weight is 352 g/mol. The molecule has 0 aliphatic heterocycles. The van der Waals surface area contributed by atoms with E-state index in [1.165, 1.54) is 32.1 Å². The Morgan fingerprint density at radius 1 is 1.27 bits per heavy atom. The minimum absolute atomic E-state index is 0. The summed E-state index contributed by atoms with van der Waals surface area (Å²) in [5, 5.41) is 3.69. The van der Waals surface area contributed by atoms with Gasteiger partial charge in [-0.1, -0.05) is 24.4 Å². The van der Waals surface area contributed by atoms with E-state index in [4.69, 9.17) is 4.52 Å². The van der Waals surface area contributed by atoms with E-state index in [2.05, 4.69) is 21.8 Å². The number of halogens is 1. The van der Waals surface area contributed by atoms with Crippen LogP contribution in [0.25, 0.3) is 0 Å². The minimum Gasteiger partial charge on any atom is -0.360 e.